The second-order valence-electron chi connectivity index (χ2n) is 6.90. The number of benzene rings is 1. The number of H-pyrrole nitrogens is 1. The highest BCUT2D eigenvalue weighted by Gasteiger charge is 2.27. The largest absolute Gasteiger partial charge is 0.461 e. The number of pyridine rings is 1. The first-order valence-electron chi connectivity index (χ1n) is 9.87. The van der Waals surface area contributed by atoms with Crippen LogP contribution in [0.5, 0.6) is 0 Å². The fourth-order valence-electron chi connectivity index (χ4n) is 3.29. The van der Waals surface area contributed by atoms with Gasteiger partial charge in [0.05, 0.1) is 30.3 Å². The third kappa shape index (κ3) is 4.64. The van der Waals surface area contributed by atoms with Gasteiger partial charge in [0.25, 0.3) is 5.91 Å². The summed E-state index contributed by atoms with van der Waals surface area (Å²) >= 11 is 0.768. The van der Waals surface area contributed by atoms with E-state index in [1.807, 2.05) is 0 Å². The number of rotatable bonds is 6. The zero-order valence-corrected chi connectivity index (χ0v) is 19.0. The fraction of sp³-hybridized carbons (Fsp3) is 0.316. The summed E-state index contributed by atoms with van der Waals surface area (Å²) in [4.78, 5) is 39.7. The molecular formula is C19H19N5O7S2. The molecule has 4 rings (SSSR count). The summed E-state index contributed by atoms with van der Waals surface area (Å²) in [7, 11) is -3.83. The lowest BCUT2D eigenvalue weighted by atomic mass is 10.1. The highest BCUT2D eigenvalue weighted by molar-refractivity contribution is 7.89. The van der Waals surface area contributed by atoms with E-state index in [1.165, 1.54) is 22.5 Å². The number of carbonyl (C=O) groups is 2. The molecule has 3 heterocycles. The molecule has 0 bridgehead atoms. The Morgan fingerprint density at radius 1 is 1.27 bits per heavy atom. The van der Waals surface area contributed by atoms with Gasteiger partial charge in [0.15, 0.2) is 5.00 Å². The number of amides is 1. The number of aromatic nitrogens is 3. The molecule has 0 aliphatic carbocycles. The summed E-state index contributed by atoms with van der Waals surface area (Å²) in [5, 5.41) is 6.45. The lowest BCUT2D eigenvalue weighted by Crippen LogP contribution is -2.40. The van der Waals surface area contributed by atoms with Crippen LogP contribution in [0.1, 0.15) is 27.8 Å². The Hall–Kier alpha value is -3.20. The fourth-order valence-corrected chi connectivity index (χ4v) is 5.28. The second-order valence-corrected chi connectivity index (χ2v) is 9.59. The highest BCUT2D eigenvalue weighted by atomic mass is 32.2. The Balaban J connectivity index is 1.73. The summed E-state index contributed by atoms with van der Waals surface area (Å²) in [5.74, 6) is -1.49. The molecule has 2 N–H and O–H groups in total. The van der Waals surface area contributed by atoms with Gasteiger partial charge < -0.3 is 19.8 Å². The number of esters is 1. The number of hydrogen-bond acceptors (Lipinski definition) is 10. The van der Waals surface area contributed by atoms with Crippen LogP contribution in [0.15, 0.2) is 34.0 Å². The molecule has 1 aliphatic heterocycles. The number of hydrogen-bond donors (Lipinski definition) is 2. The van der Waals surface area contributed by atoms with Gasteiger partial charge in [0.2, 0.25) is 21.3 Å². The smallest absolute Gasteiger partial charge is 0.362 e. The molecule has 0 unspecified atom stereocenters. The predicted molar refractivity (Wildman–Crippen MR) is 118 cm³/mol. The number of nitrogens with zero attached hydrogens (tertiary/aromatic N) is 3. The van der Waals surface area contributed by atoms with Crippen LogP contribution in [0.2, 0.25) is 0 Å². The minimum Gasteiger partial charge on any atom is -0.461 e. The molecule has 174 valence electrons. The lowest BCUT2D eigenvalue weighted by molar-refractivity contribution is 0.0520. The van der Waals surface area contributed by atoms with Crippen molar-refractivity contribution in [2.45, 2.75) is 11.8 Å². The number of nitrogens with one attached hydrogen (secondary N) is 2. The normalized spacial score (nSPS) is 14.8. The van der Waals surface area contributed by atoms with Crippen molar-refractivity contribution in [2.24, 2.45) is 0 Å². The van der Waals surface area contributed by atoms with Crippen molar-refractivity contribution in [3.8, 4) is 0 Å². The molecule has 0 spiro atoms. The van der Waals surface area contributed by atoms with Crippen LogP contribution < -0.4 is 10.9 Å². The van der Waals surface area contributed by atoms with Gasteiger partial charge in [0, 0.05) is 41.6 Å². The molecule has 2 aromatic heterocycles. The Labute approximate surface area is 191 Å². The molecule has 1 saturated heterocycles. The summed E-state index contributed by atoms with van der Waals surface area (Å²) in [6.07, 6.45) is 0. The third-order valence-electron chi connectivity index (χ3n) is 4.85. The van der Waals surface area contributed by atoms with Crippen LogP contribution >= 0.6 is 11.5 Å². The van der Waals surface area contributed by atoms with E-state index >= 15 is 0 Å². The summed E-state index contributed by atoms with van der Waals surface area (Å²) in [6.45, 7) is 2.76. The molecular weight excluding hydrogens is 474 g/mol. The molecule has 3 aromatic rings. The Kier molecular flexibility index (Phi) is 6.51. The van der Waals surface area contributed by atoms with Crippen molar-refractivity contribution in [2.75, 3.05) is 38.2 Å². The molecule has 1 aliphatic rings. The monoisotopic (exact) mass is 493 g/mol. The van der Waals surface area contributed by atoms with Crippen LogP contribution in [0, 0.1) is 0 Å². The van der Waals surface area contributed by atoms with Gasteiger partial charge in [-0.05, 0) is 25.1 Å². The standard InChI is InChI=1S/C19H19N5O7S2/c1-2-31-19(27)16-18(32-23-22-16)21-17(26)13-10-15(25)20-14-4-3-11(9-12(13)14)33(28,29)24-5-7-30-8-6-24/h3-4,9-10H,2,5-8H2,1H3,(H,20,25)(H,21,26). The maximum atomic E-state index is 13.0. The van der Waals surface area contributed by atoms with Gasteiger partial charge in [-0.15, -0.1) is 5.10 Å². The number of anilines is 1. The Morgan fingerprint density at radius 2 is 2.03 bits per heavy atom. The van der Waals surface area contributed by atoms with E-state index in [2.05, 4.69) is 19.9 Å². The molecule has 12 nitrogen and oxygen atoms in total. The molecule has 0 saturated carbocycles. The Morgan fingerprint density at radius 3 is 2.76 bits per heavy atom. The number of carbonyl (C=O) groups excluding carboxylic acids is 2. The lowest BCUT2D eigenvalue weighted by Gasteiger charge is -2.26. The molecule has 14 heteroatoms. The van der Waals surface area contributed by atoms with Crippen molar-refractivity contribution < 1.29 is 27.5 Å². The maximum absolute atomic E-state index is 13.0. The van der Waals surface area contributed by atoms with Crippen LogP contribution in [0.4, 0.5) is 5.00 Å². The van der Waals surface area contributed by atoms with Gasteiger partial charge in [-0.3, -0.25) is 9.59 Å². The first-order valence-corrected chi connectivity index (χ1v) is 12.1. The van der Waals surface area contributed by atoms with E-state index in [0.29, 0.717) is 13.2 Å². The van der Waals surface area contributed by atoms with Crippen LogP contribution in [-0.4, -0.2) is 72.1 Å². The van der Waals surface area contributed by atoms with Gasteiger partial charge in [0.1, 0.15) is 0 Å². The minimum atomic E-state index is -3.83. The van der Waals surface area contributed by atoms with Crippen molar-refractivity contribution in [3.63, 3.8) is 0 Å². The van der Waals surface area contributed by atoms with E-state index < -0.39 is 27.5 Å². The number of aromatic amines is 1. The van der Waals surface area contributed by atoms with Gasteiger partial charge in [-0.1, -0.05) is 4.49 Å². The molecule has 1 aromatic carbocycles. The van der Waals surface area contributed by atoms with Crippen molar-refractivity contribution in [1.82, 2.24) is 18.9 Å². The van der Waals surface area contributed by atoms with Gasteiger partial charge in [-0.2, -0.15) is 4.31 Å². The third-order valence-corrected chi connectivity index (χ3v) is 7.39. The average molecular weight is 494 g/mol. The molecule has 33 heavy (non-hydrogen) atoms. The zero-order chi connectivity index (χ0) is 23.6. The molecule has 1 amide bonds. The minimum absolute atomic E-state index is 0.0235. The Bertz CT molecular complexity index is 1380. The quantitative estimate of drug-likeness (QED) is 0.474. The predicted octanol–water partition coefficient (Wildman–Crippen LogP) is 0.829. The van der Waals surface area contributed by atoms with E-state index in [9.17, 15) is 22.8 Å². The van der Waals surface area contributed by atoms with Crippen LogP contribution in [0.3, 0.4) is 0 Å². The number of morpholine rings is 1. The first kappa shape index (κ1) is 23.0. The number of fused-ring (bicyclic) bond motifs is 1. The summed E-state index contributed by atoms with van der Waals surface area (Å²) < 4.78 is 41.2. The summed E-state index contributed by atoms with van der Waals surface area (Å²) in [5.41, 5.74) is -0.512. The average Bonchev–Trinajstić information content (AvgIpc) is 3.27. The molecule has 0 radical (unpaired) electrons. The molecule has 0 atom stereocenters. The van der Waals surface area contributed by atoms with E-state index in [0.717, 1.165) is 17.6 Å². The highest BCUT2D eigenvalue weighted by Crippen LogP contribution is 2.25. The zero-order valence-electron chi connectivity index (χ0n) is 17.4. The van der Waals surface area contributed by atoms with E-state index in [4.69, 9.17) is 9.47 Å². The van der Waals surface area contributed by atoms with Crippen molar-refractivity contribution in [3.05, 3.63) is 45.9 Å². The SMILES string of the molecule is CCOC(=O)c1nnsc1NC(=O)c1cc(=O)[nH]c2ccc(S(=O)(=O)N3CCOCC3)cc12. The van der Waals surface area contributed by atoms with Crippen molar-refractivity contribution in [1.29, 1.82) is 0 Å². The number of sulfonamides is 1. The first-order chi connectivity index (χ1) is 15.8. The van der Waals surface area contributed by atoms with Gasteiger partial charge in [-0.25, -0.2) is 13.2 Å². The topological polar surface area (TPSA) is 161 Å². The summed E-state index contributed by atoms with van der Waals surface area (Å²) in [6, 6.07) is 5.19. The maximum Gasteiger partial charge on any atom is 0.362 e. The van der Waals surface area contributed by atoms with Crippen LogP contribution in [-0.2, 0) is 19.5 Å². The van der Waals surface area contributed by atoms with E-state index in [-0.39, 0.29) is 51.8 Å². The van der Waals surface area contributed by atoms with Gasteiger partial charge >= 0.3 is 5.97 Å². The van der Waals surface area contributed by atoms with E-state index in [1.54, 1.807) is 6.92 Å². The van der Waals surface area contributed by atoms with Crippen LogP contribution in [0.25, 0.3) is 10.9 Å². The van der Waals surface area contributed by atoms with Crippen molar-refractivity contribution >= 4 is 49.3 Å². The molecule has 1 fully saturated rings. The number of ether oxygens (including phenoxy) is 2. The second kappa shape index (κ2) is 9.35.